The van der Waals surface area contributed by atoms with Gasteiger partial charge in [0.25, 0.3) is 15.9 Å². The van der Waals surface area contributed by atoms with E-state index in [-0.39, 0.29) is 23.2 Å². The maximum atomic E-state index is 12.2. The number of carbonyl (C=O) groups is 2. The highest BCUT2D eigenvalue weighted by molar-refractivity contribution is 7.90. The number of hydrogen-bond donors (Lipinski definition) is 1. The Morgan fingerprint density at radius 3 is 2.85 bits per heavy atom. The Labute approximate surface area is 158 Å². The Morgan fingerprint density at radius 2 is 2.11 bits per heavy atom. The van der Waals surface area contributed by atoms with Crippen LogP contribution >= 0.6 is 0 Å². The molecule has 1 amide bonds. The normalized spacial score (nSPS) is 23.4. The van der Waals surface area contributed by atoms with E-state index >= 15 is 0 Å². The smallest absolute Gasteiger partial charge is 0.331 e. The molecule has 2 heterocycles. The van der Waals surface area contributed by atoms with E-state index in [0.717, 1.165) is 12.8 Å². The lowest BCUT2D eigenvalue weighted by Crippen LogP contribution is -2.41. The summed E-state index contributed by atoms with van der Waals surface area (Å²) in [7, 11) is -3.67. The number of amides is 1. The molecule has 0 bridgehead atoms. The van der Waals surface area contributed by atoms with Crippen LogP contribution in [0.3, 0.4) is 0 Å². The molecule has 0 saturated carbocycles. The fraction of sp³-hybridized carbons (Fsp3) is 0.500. The average Bonchev–Trinajstić information content (AvgIpc) is 2.90. The van der Waals surface area contributed by atoms with E-state index < -0.39 is 22.0 Å². The van der Waals surface area contributed by atoms with Crippen LogP contribution in [0.15, 0.2) is 34.2 Å². The second-order valence-corrected chi connectivity index (χ2v) is 8.60. The third kappa shape index (κ3) is 4.29. The minimum Gasteiger partial charge on any atom is -0.454 e. The zero-order valence-electron chi connectivity index (χ0n) is 15.3. The summed E-state index contributed by atoms with van der Waals surface area (Å²) >= 11 is 0. The molecular formula is C18H23N3O5S. The first kappa shape index (κ1) is 19.3. The number of sulfonamides is 1. The van der Waals surface area contributed by atoms with Gasteiger partial charge in [0.05, 0.1) is 4.90 Å². The highest BCUT2D eigenvalue weighted by Gasteiger charge is 2.31. The van der Waals surface area contributed by atoms with E-state index in [0.29, 0.717) is 24.6 Å². The molecule has 27 heavy (non-hydrogen) atoms. The van der Waals surface area contributed by atoms with Crippen molar-refractivity contribution in [2.45, 2.75) is 37.6 Å². The Bertz CT molecular complexity index is 881. The zero-order chi connectivity index (χ0) is 19.6. The quantitative estimate of drug-likeness (QED) is 0.766. The number of piperidine rings is 1. The molecule has 0 radical (unpaired) electrons. The lowest BCUT2D eigenvalue weighted by molar-refractivity contribution is -0.153. The van der Waals surface area contributed by atoms with Gasteiger partial charge in [-0.3, -0.25) is 14.5 Å². The zero-order valence-corrected chi connectivity index (χ0v) is 16.2. The minimum absolute atomic E-state index is 0.103. The summed E-state index contributed by atoms with van der Waals surface area (Å²) in [5, 5.41) is 0. The number of nitrogens with zero attached hydrogens (tertiary/aromatic N) is 2. The van der Waals surface area contributed by atoms with Crippen LogP contribution in [0.1, 0.15) is 32.3 Å². The third-order valence-electron chi connectivity index (χ3n) is 4.67. The van der Waals surface area contributed by atoms with Crippen molar-refractivity contribution in [3.8, 4) is 0 Å². The molecule has 8 nitrogen and oxygen atoms in total. The second kappa shape index (κ2) is 7.67. The molecule has 0 spiro atoms. The number of rotatable bonds is 4. The van der Waals surface area contributed by atoms with Gasteiger partial charge in [-0.15, -0.1) is 0 Å². The second-order valence-electron chi connectivity index (χ2n) is 6.95. The number of carbonyl (C=O) groups excluding carboxylic acids is 2. The monoisotopic (exact) mass is 393 g/mol. The van der Waals surface area contributed by atoms with Crippen LogP contribution in [0.4, 0.5) is 0 Å². The number of amidine groups is 1. The van der Waals surface area contributed by atoms with Gasteiger partial charge >= 0.3 is 5.97 Å². The summed E-state index contributed by atoms with van der Waals surface area (Å²) in [6, 6.07) is 5.46. The molecule has 9 heteroatoms. The molecule has 2 atom stereocenters. The summed E-state index contributed by atoms with van der Waals surface area (Å²) in [5.74, 6) is -0.350. The number of aliphatic imine (C=N–C) groups is 1. The first-order valence-corrected chi connectivity index (χ1v) is 10.4. The molecule has 2 aliphatic rings. The number of benzene rings is 1. The van der Waals surface area contributed by atoms with Crippen molar-refractivity contribution < 1.29 is 22.7 Å². The van der Waals surface area contributed by atoms with Crippen molar-refractivity contribution in [3.63, 3.8) is 0 Å². The maximum absolute atomic E-state index is 12.2. The van der Waals surface area contributed by atoms with Crippen LogP contribution < -0.4 is 4.72 Å². The number of fused-ring (bicyclic) bond motifs is 1. The van der Waals surface area contributed by atoms with Crippen molar-refractivity contribution in [1.82, 2.24) is 9.62 Å². The molecule has 0 unspecified atom stereocenters. The van der Waals surface area contributed by atoms with Gasteiger partial charge in [0.2, 0.25) is 0 Å². The lowest BCUT2D eigenvalue weighted by atomic mass is 10.0. The molecule has 2 aliphatic heterocycles. The van der Waals surface area contributed by atoms with Gasteiger partial charge in [0, 0.05) is 18.7 Å². The number of ether oxygens (including phenoxy) is 1. The summed E-state index contributed by atoms with van der Waals surface area (Å²) < 4.78 is 31.6. The van der Waals surface area contributed by atoms with Crippen molar-refractivity contribution in [3.05, 3.63) is 29.8 Å². The summed E-state index contributed by atoms with van der Waals surface area (Å²) in [6.07, 6.45) is 2.04. The Kier molecular flexibility index (Phi) is 5.50. The predicted octanol–water partition coefficient (Wildman–Crippen LogP) is 0.915. The highest BCUT2D eigenvalue weighted by atomic mass is 32.2. The fourth-order valence-electron chi connectivity index (χ4n) is 3.24. The largest absolute Gasteiger partial charge is 0.454 e. The molecule has 0 aliphatic carbocycles. The van der Waals surface area contributed by atoms with Gasteiger partial charge in [-0.2, -0.15) is 0 Å². The number of likely N-dealkylation sites (tertiary alicyclic amines) is 1. The number of nitrogens with one attached hydrogen (secondary N) is 1. The molecule has 1 fully saturated rings. The maximum Gasteiger partial charge on any atom is 0.331 e. The van der Waals surface area contributed by atoms with E-state index in [9.17, 15) is 18.0 Å². The predicted molar refractivity (Wildman–Crippen MR) is 98.7 cm³/mol. The Balaban J connectivity index is 1.61. The SMILES string of the molecule is C[C@@H]1CCCN(C(=O)COC(=O)[C@H](C)N=C2NS(=O)(=O)c3ccccc32)C1. The molecule has 1 saturated heterocycles. The first-order chi connectivity index (χ1) is 12.8. The van der Waals surface area contributed by atoms with Crippen LogP contribution in [0.25, 0.3) is 0 Å². The van der Waals surface area contributed by atoms with Gasteiger partial charge < -0.3 is 9.64 Å². The molecule has 1 aromatic rings. The molecule has 3 rings (SSSR count). The summed E-state index contributed by atoms with van der Waals surface area (Å²) in [5.41, 5.74) is 0.413. The molecule has 0 aromatic heterocycles. The first-order valence-electron chi connectivity index (χ1n) is 8.92. The van der Waals surface area contributed by atoms with Crippen LogP contribution in [-0.2, 0) is 24.3 Å². The van der Waals surface area contributed by atoms with E-state index in [1.807, 2.05) is 0 Å². The van der Waals surface area contributed by atoms with Gasteiger partial charge in [-0.25, -0.2) is 13.2 Å². The van der Waals surface area contributed by atoms with Gasteiger partial charge in [-0.05, 0) is 37.8 Å². The molecule has 1 N–H and O–H groups in total. The number of hydrogen-bond acceptors (Lipinski definition) is 6. The molecular weight excluding hydrogens is 370 g/mol. The van der Waals surface area contributed by atoms with Gasteiger partial charge in [0.15, 0.2) is 6.61 Å². The van der Waals surface area contributed by atoms with E-state index in [4.69, 9.17) is 4.74 Å². The minimum atomic E-state index is -3.67. The van der Waals surface area contributed by atoms with Gasteiger partial charge in [0.1, 0.15) is 11.9 Å². The average molecular weight is 393 g/mol. The van der Waals surface area contributed by atoms with E-state index in [1.165, 1.54) is 13.0 Å². The van der Waals surface area contributed by atoms with Crippen LogP contribution in [-0.4, -0.2) is 56.8 Å². The Morgan fingerprint density at radius 1 is 1.37 bits per heavy atom. The van der Waals surface area contributed by atoms with Crippen LogP contribution in [0.5, 0.6) is 0 Å². The van der Waals surface area contributed by atoms with Crippen LogP contribution in [0.2, 0.25) is 0 Å². The number of esters is 1. The summed E-state index contributed by atoms with van der Waals surface area (Å²) in [6.45, 7) is 4.61. The van der Waals surface area contributed by atoms with Gasteiger partial charge in [-0.1, -0.05) is 19.1 Å². The lowest BCUT2D eigenvalue weighted by Gasteiger charge is -2.30. The fourth-order valence-corrected chi connectivity index (χ4v) is 4.48. The van der Waals surface area contributed by atoms with Crippen molar-refractivity contribution in [1.29, 1.82) is 0 Å². The van der Waals surface area contributed by atoms with Crippen LogP contribution in [0, 0.1) is 5.92 Å². The summed E-state index contributed by atoms with van der Waals surface area (Å²) in [4.78, 5) is 30.3. The topological polar surface area (TPSA) is 105 Å². The van der Waals surface area contributed by atoms with E-state index in [1.54, 1.807) is 23.1 Å². The van der Waals surface area contributed by atoms with Crippen molar-refractivity contribution in [2.75, 3.05) is 19.7 Å². The third-order valence-corrected chi connectivity index (χ3v) is 6.07. The molecule has 1 aromatic carbocycles. The highest BCUT2D eigenvalue weighted by Crippen LogP contribution is 2.22. The van der Waals surface area contributed by atoms with Crippen molar-refractivity contribution in [2.24, 2.45) is 10.9 Å². The molecule has 146 valence electrons. The Hall–Kier alpha value is -2.42. The van der Waals surface area contributed by atoms with E-state index in [2.05, 4.69) is 16.6 Å². The van der Waals surface area contributed by atoms with Crippen molar-refractivity contribution >= 4 is 27.7 Å². The standard InChI is InChI=1S/C18H23N3O5S/c1-12-6-5-9-21(10-12)16(22)11-26-18(23)13(2)19-17-14-7-3-4-8-15(14)27(24,25)20-17/h3-4,7-8,12-13H,5-6,9-11H2,1-2H3,(H,19,20)/t12-,13+/m1/s1.